The Kier molecular flexibility index (Phi) is 4.35. The predicted octanol–water partition coefficient (Wildman–Crippen LogP) is 2.31. The molecule has 0 aromatic heterocycles. The number of rotatable bonds is 4. The Morgan fingerprint density at radius 2 is 2.30 bits per heavy atom. The zero-order valence-corrected chi connectivity index (χ0v) is 13.2. The van der Waals surface area contributed by atoms with Crippen molar-refractivity contribution in [3.8, 4) is 5.75 Å². The van der Waals surface area contributed by atoms with Crippen LogP contribution in [0, 0.1) is 13.7 Å². The van der Waals surface area contributed by atoms with E-state index in [9.17, 15) is 10.1 Å². The van der Waals surface area contributed by atoms with Crippen LogP contribution in [0.1, 0.15) is 13.8 Å². The second-order valence-corrected chi connectivity index (χ2v) is 6.02. The molecule has 110 valence electrons. The van der Waals surface area contributed by atoms with Crippen LogP contribution in [0.2, 0.25) is 0 Å². The summed E-state index contributed by atoms with van der Waals surface area (Å²) < 4.78 is 17.3. The summed E-state index contributed by atoms with van der Waals surface area (Å²) in [6.07, 6.45) is -0.169. The van der Waals surface area contributed by atoms with Crippen LogP contribution in [0.15, 0.2) is 12.1 Å². The van der Waals surface area contributed by atoms with Crippen molar-refractivity contribution in [3.05, 3.63) is 25.8 Å². The summed E-state index contributed by atoms with van der Waals surface area (Å²) in [5.41, 5.74) is 5.59. The molecular weight excluding hydrogens is 379 g/mol. The maximum atomic E-state index is 10.8. The molecule has 2 N–H and O–H groups in total. The molecule has 1 fully saturated rings. The maximum Gasteiger partial charge on any atom is 0.293 e. The first-order valence-corrected chi connectivity index (χ1v) is 7.04. The Morgan fingerprint density at radius 3 is 2.85 bits per heavy atom. The van der Waals surface area contributed by atoms with Crippen LogP contribution in [-0.2, 0) is 9.47 Å². The van der Waals surface area contributed by atoms with Crippen molar-refractivity contribution in [1.82, 2.24) is 0 Å². The summed E-state index contributed by atoms with van der Waals surface area (Å²) in [5.74, 6) is -0.0996. The molecule has 20 heavy (non-hydrogen) atoms. The van der Waals surface area contributed by atoms with Gasteiger partial charge in [0.15, 0.2) is 5.79 Å². The molecule has 0 saturated carbocycles. The monoisotopic (exact) mass is 394 g/mol. The molecular formula is C12H15IN2O5. The van der Waals surface area contributed by atoms with E-state index in [0.717, 1.165) is 0 Å². The normalized spacial score (nSPS) is 20.9. The molecule has 8 heteroatoms. The highest BCUT2D eigenvalue weighted by molar-refractivity contribution is 14.1. The van der Waals surface area contributed by atoms with Crippen LogP contribution in [0.3, 0.4) is 0 Å². The van der Waals surface area contributed by atoms with Crippen LogP contribution in [0.25, 0.3) is 0 Å². The lowest BCUT2D eigenvalue weighted by molar-refractivity contribution is -0.384. The van der Waals surface area contributed by atoms with Gasteiger partial charge in [-0.2, -0.15) is 0 Å². The number of benzene rings is 1. The second kappa shape index (κ2) is 5.70. The van der Waals surface area contributed by atoms with Gasteiger partial charge in [0, 0.05) is 12.1 Å². The smallest absolute Gasteiger partial charge is 0.293 e. The van der Waals surface area contributed by atoms with Crippen molar-refractivity contribution in [2.45, 2.75) is 25.7 Å². The molecule has 0 aliphatic carbocycles. The molecule has 1 aliphatic rings. The third kappa shape index (κ3) is 3.49. The average molecular weight is 394 g/mol. The topological polar surface area (TPSA) is 96.9 Å². The van der Waals surface area contributed by atoms with Crippen molar-refractivity contribution in [1.29, 1.82) is 0 Å². The molecule has 1 aromatic rings. The quantitative estimate of drug-likeness (QED) is 0.364. The van der Waals surface area contributed by atoms with Gasteiger partial charge in [-0.1, -0.05) is 0 Å². The number of hydrogen-bond acceptors (Lipinski definition) is 6. The first-order chi connectivity index (χ1) is 9.28. The Morgan fingerprint density at radius 1 is 1.60 bits per heavy atom. The van der Waals surface area contributed by atoms with E-state index in [2.05, 4.69) is 0 Å². The Labute approximate surface area is 129 Å². The van der Waals surface area contributed by atoms with E-state index in [0.29, 0.717) is 22.5 Å². The summed E-state index contributed by atoms with van der Waals surface area (Å²) in [6.45, 7) is 4.42. The summed E-state index contributed by atoms with van der Waals surface area (Å²) in [5, 5.41) is 10.8. The predicted molar refractivity (Wildman–Crippen MR) is 80.6 cm³/mol. The molecule has 1 heterocycles. The largest absolute Gasteiger partial charge is 0.490 e. The number of ether oxygens (including phenoxy) is 3. The summed E-state index contributed by atoms with van der Waals surface area (Å²) in [7, 11) is 0. The lowest BCUT2D eigenvalue weighted by Crippen LogP contribution is -2.25. The molecule has 7 nitrogen and oxygen atoms in total. The highest BCUT2D eigenvalue weighted by atomic mass is 127. The van der Waals surface area contributed by atoms with E-state index in [4.69, 9.17) is 19.9 Å². The number of nitrogen functional groups attached to an aromatic ring is 1. The number of halogens is 1. The molecule has 0 amide bonds. The van der Waals surface area contributed by atoms with Crippen molar-refractivity contribution < 1.29 is 19.1 Å². The molecule has 1 atom stereocenters. The van der Waals surface area contributed by atoms with Gasteiger partial charge in [-0.25, -0.2) is 0 Å². The number of anilines is 1. The highest BCUT2D eigenvalue weighted by Crippen LogP contribution is 2.32. The van der Waals surface area contributed by atoms with E-state index in [1.54, 1.807) is 0 Å². The Balaban J connectivity index is 2.04. The standard InChI is InChI=1S/C12H15IN2O5/c1-12(2)19-6-7(20-12)5-18-11-4-9(14)10(15(16)17)3-8(11)13/h3-4,7H,5-6,14H2,1-2H3. The van der Waals surface area contributed by atoms with Crippen molar-refractivity contribution in [3.63, 3.8) is 0 Å². The van der Waals surface area contributed by atoms with Gasteiger partial charge >= 0.3 is 0 Å². The number of nitro benzene ring substituents is 1. The van der Waals surface area contributed by atoms with Crippen LogP contribution < -0.4 is 10.5 Å². The van der Waals surface area contributed by atoms with Gasteiger partial charge in [-0.05, 0) is 36.4 Å². The molecule has 1 unspecified atom stereocenters. The fraction of sp³-hybridized carbons (Fsp3) is 0.500. The summed E-state index contributed by atoms with van der Waals surface area (Å²) >= 11 is 1.97. The number of hydrogen-bond donors (Lipinski definition) is 1. The number of nitrogens with zero attached hydrogens (tertiary/aromatic N) is 1. The molecule has 1 aromatic carbocycles. The lowest BCUT2D eigenvalue weighted by Gasteiger charge is -2.17. The summed E-state index contributed by atoms with van der Waals surface area (Å²) in [6, 6.07) is 2.85. The molecule has 1 aliphatic heterocycles. The Bertz CT molecular complexity index is 535. The van der Waals surface area contributed by atoms with E-state index in [1.807, 2.05) is 36.4 Å². The van der Waals surface area contributed by atoms with Gasteiger partial charge in [-0.3, -0.25) is 10.1 Å². The first-order valence-electron chi connectivity index (χ1n) is 5.96. The van der Waals surface area contributed by atoms with Crippen molar-refractivity contribution in [2.24, 2.45) is 0 Å². The molecule has 1 saturated heterocycles. The zero-order chi connectivity index (χ0) is 14.9. The average Bonchev–Trinajstić information content (AvgIpc) is 2.69. The Hall–Kier alpha value is -1.13. The minimum Gasteiger partial charge on any atom is -0.490 e. The highest BCUT2D eigenvalue weighted by Gasteiger charge is 2.33. The van der Waals surface area contributed by atoms with Crippen LogP contribution in [0.4, 0.5) is 11.4 Å². The van der Waals surface area contributed by atoms with E-state index >= 15 is 0 Å². The maximum absolute atomic E-state index is 10.8. The number of nitrogens with two attached hydrogens (primary N) is 1. The van der Waals surface area contributed by atoms with Crippen molar-refractivity contribution in [2.75, 3.05) is 18.9 Å². The molecule has 2 rings (SSSR count). The van der Waals surface area contributed by atoms with Gasteiger partial charge in [0.1, 0.15) is 24.1 Å². The minimum atomic E-state index is -0.602. The lowest BCUT2D eigenvalue weighted by atomic mass is 10.2. The minimum absolute atomic E-state index is 0.0781. The molecule has 0 spiro atoms. The van der Waals surface area contributed by atoms with Crippen molar-refractivity contribution >= 4 is 34.0 Å². The third-order valence-electron chi connectivity index (χ3n) is 2.77. The van der Waals surface area contributed by atoms with Crippen LogP contribution in [0.5, 0.6) is 5.75 Å². The van der Waals surface area contributed by atoms with E-state index in [1.165, 1.54) is 12.1 Å². The van der Waals surface area contributed by atoms with Gasteiger partial charge in [-0.15, -0.1) is 0 Å². The summed E-state index contributed by atoms with van der Waals surface area (Å²) in [4.78, 5) is 10.3. The van der Waals surface area contributed by atoms with E-state index < -0.39 is 10.7 Å². The molecule has 0 bridgehead atoms. The first kappa shape index (κ1) is 15.3. The van der Waals surface area contributed by atoms with Gasteiger partial charge in [0.05, 0.1) is 15.1 Å². The zero-order valence-electron chi connectivity index (χ0n) is 11.1. The SMILES string of the molecule is CC1(C)OCC(COc2cc(N)c([N+](=O)[O-])cc2I)O1. The fourth-order valence-electron chi connectivity index (χ4n) is 1.86. The molecule has 0 radical (unpaired) electrons. The fourth-order valence-corrected chi connectivity index (χ4v) is 2.46. The van der Waals surface area contributed by atoms with Gasteiger partial charge in [0.2, 0.25) is 0 Å². The van der Waals surface area contributed by atoms with Crippen LogP contribution >= 0.6 is 22.6 Å². The van der Waals surface area contributed by atoms with Crippen LogP contribution in [-0.4, -0.2) is 30.0 Å². The van der Waals surface area contributed by atoms with Gasteiger partial charge in [0.25, 0.3) is 5.69 Å². The second-order valence-electron chi connectivity index (χ2n) is 4.86. The number of nitro groups is 1. The third-order valence-corrected chi connectivity index (χ3v) is 3.61. The van der Waals surface area contributed by atoms with E-state index in [-0.39, 0.29) is 17.5 Å². The van der Waals surface area contributed by atoms with Gasteiger partial charge < -0.3 is 19.9 Å².